The highest BCUT2D eigenvalue weighted by Gasteiger charge is 2.17. The lowest BCUT2D eigenvalue weighted by atomic mass is 10.3. The van der Waals surface area contributed by atoms with Crippen molar-refractivity contribution in [2.45, 2.75) is 25.9 Å². The number of hydrogen-bond acceptors (Lipinski definition) is 6. The summed E-state index contributed by atoms with van der Waals surface area (Å²) in [5.41, 5.74) is 0. The fourth-order valence-electron chi connectivity index (χ4n) is 2.86. The fourth-order valence-corrected chi connectivity index (χ4v) is 2.86. The molecule has 0 saturated heterocycles. The molecule has 132 valence electrons. The number of aromatic nitrogens is 3. The molecule has 2 aromatic rings. The molecule has 1 aromatic heterocycles. The van der Waals surface area contributed by atoms with Gasteiger partial charge in [0.15, 0.2) is 17.3 Å². The molecule has 3 heterocycles. The third-order valence-electron chi connectivity index (χ3n) is 4.09. The second-order valence-electron chi connectivity index (χ2n) is 5.76. The van der Waals surface area contributed by atoms with Crippen LogP contribution >= 0.6 is 0 Å². The Kier molecular flexibility index (Phi) is 4.28. The van der Waals surface area contributed by atoms with Crippen LogP contribution in [-0.2, 0) is 19.5 Å². The molecule has 2 N–H and O–H groups in total. The number of amides is 2. The molecular weight excluding hydrogens is 326 g/mol. The number of benzene rings is 1. The van der Waals surface area contributed by atoms with Gasteiger partial charge in [-0.1, -0.05) is 0 Å². The Hall–Kier alpha value is -2.97. The molecule has 1 aromatic carbocycles. The van der Waals surface area contributed by atoms with Crippen molar-refractivity contribution in [2.75, 3.05) is 19.9 Å². The van der Waals surface area contributed by atoms with E-state index in [1.807, 2.05) is 0 Å². The summed E-state index contributed by atoms with van der Waals surface area (Å²) in [5.74, 6) is 3.84. The van der Waals surface area contributed by atoms with Gasteiger partial charge in [-0.15, -0.1) is 10.2 Å². The summed E-state index contributed by atoms with van der Waals surface area (Å²) in [6.07, 6.45) is 2.04. The molecule has 0 bridgehead atoms. The minimum atomic E-state index is -0.260. The maximum atomic E-state index is 11.8. The van der Waals surface area contributed by atoms with Crippen LogP contribution in [0.15, 0.2) is 18.2 Å². The first-order chi connectivity index (χ1) is 12.3. The van der Waals surface area contributed by atoms with E-state index in [4.69, 9.17) is 14.2 Å². The second kappa shape index (κ2) is 6.88. The van der Waals surface area contributed by atoms with Crippen LogP contribution in [0.3, 0.4) is 0 Å². The average Bonchev–Trinajstić information content (AvgIpc) is 3.33. The van der Waals surface area contributed by atoms with E-state index < -0.39 is 0 Å². The molecule has 2 amide bonds. The maximum Gasteiger partial charge on any atom is 0.315 e. The molecule has 9 nitrogen and oxygen atoms in total. The van der Waals surface area contributed by atoms with E-state index in [0.717, 1.165) is 31.0 Å². The number of carbonyl (C=O) groups excluding carboxylic acids is 1. The number of carbonyl (C=O) groups is 1. The largest absolute Gasteiger partial charge is 0.492 e. The summed E-state index contributed by atoms with van der Waals surface area (Å²) in [6, 6.07) is 5.12. The van der Waals surface area contributed by atoms with Crippen LogP contribution in [0, 0.1) is 0 Å². The van der Waals surface area contributed by atoms with Crippen molar-refractivity contribution in [3.05, 3.63) is 29.8 Å². The number of rotatable bonds is 6. The SMILES string of the molecule is O=C(NCCOc1ccc2c(c1)OCO2)NCc1nnc2n1CCC2. The molecule has 4 rings (SSSR count). The highest BCUT2D eigenvalue weighted by Crippen LogP contribution is 2.34. The molecule has 0 radical (unpaired) electrons. The molecule has 0 atom stereocenters. The molecule has 25 heavy (non-hydrogen) atoms. The summed E-state index contributed by atoms with van der Waals surface area (Å²) in [5, 5.41) is 13.7. The van der Waals surface area contributed by atoms with E-state index in [9.17, 15) is 4.79 Å². The van der Waals surface area contributed by atoms with Crippen LogP contribution in [0.2, 0.25) is 0 Å². The van der Waals surface area contributed by atoms with Gasteiger partial charge >= 0.3 is 6.03 Å². The lowest BCUT2D eigenvalue weighted by Crippen LogP contribution is -2.37. The van der Waals surface area contributed by atoms with E-state index in [0.29, 0.717) is 36.9 Å². The minimum Gasteiger partial charge on any atom is -0.492 e. The number of hydrogen-bond donors (Lipinski definition) is 2. The normalized spacial score (nSPS) is 14.2. The van der Waals surface area contributed by atoms with Gasteiger partial charge in [0.2, 0.25) is 6.79 Å². The molecule has 2 aliphatic rings. The second-order valence-corrected chi connectivity index (χ2v) is 5.76. The van der Waals surface area contributed by atoms with Crippen LogP contribution < -0.4 is 24.8 Å². The Labute approximate surface area is 144 Å². The molecule has 9 heteroatoms. The number of urea groups is 1. The minimum absolute atomic E-state index is 0.232. The molecule has 0 saturated carbocycles. The van der Waals surface area contributed by atoms with Crippen molar-refractivity contribution in [2.24, 2.45) is 0 Å². The first-order valence-corrected chi connectivity index (χ1v) is 8.25. The molecule has 0 unspecified atom stereocenters. The zero-order chi connectivity index (χ0) is 17.1. The molecule has 2 aliphatic heterocycles. The van der Waals surface area contributed by atoms with Crippen LogP contribution in [-0.4, -0.2) is 40.7 Å². The summed E-state index contributed by atoms with van der Waals surface area (Å²) in [7, 11) is 0. The summed E-state index contributed by atoms with van der Waals surface area (Å²) in [4.78, 5) is 11.8. The van der Waals surface area contributed by atoms with E-state index in [1.54, 1.807) is 18.2 Å². The molecule has 0 spiro atoms. The Morgan fingerprint density at radius 2 is 2.16 bits per heavy atom. The van der Waals surface area contributed by atoms with Gasteiger partial charge in [-0.05, 0) is 18.6 Å². The van der Waals surface area contributed by atoms with Crippen molar-refractivity contribution in [1.29, 1.82) is 0 Å². The maximum absolute atomic E-state index is 11.8. The van der Waals surface area contributed by atoms with Gasteiger partial charge in [0, 0.05) is 19.0 Å². The van der Waals surface area contributed by atoms with Gasteiger partial charge in [0.1, 0.15) is 18.2 Å². The van der Waals surface area contributed by atoms with Crippen LogP contribution in [0.4, 0.5) is 4.79 Å². The average molecular weight is 345 g/mol. The van der Waals surface area contributed by atoms with Gasteiger partial charge in [0.05, 0.1) is 13.1 Å². The quantitative estimate of drug-likeness (QED) is 0.753. The number of nitrogens with one attached hydrogen (secondary N) is 2. The highest BCUT2D eigenvalue weighted by molar-refractivity contribution is 5.73. The van der Waals surface area contributed by atoms with Crippen molar-refractivity contribution in [3.63, 3.8) is 0 Å². The van der Waals surface area contributed by atoms with E-state index >= 15 is 0 Å². The van der Waals surface area contributed by atoms with Crippen molar-refractivity contribution in [3.8, 4) is 17.2 Å². The lowest BCUT2D eigenvalue weighted by molar-refractivity contribution is 0.173. The summed E-state index contributed by atoms with van der Waals surface area (Å²) in [6.45, 7) is 2.26. The van der Waals surface area contributed by atoms with E-state index in [1.165, 1.54) is 0 Å². The van der Waals surface area contributed by atoms with E-state index in [-0.39, 0.29) is 12.8 Å². The molecular formula is C16H19N5O4. The zero-order valence-corrected chi connectivity index (χ0v) is 13.7. The van der Waals surface area contributed by atoms with Crippen LogP contribution in [0.5, 0.6) is 17.2 Å². The Balaban J connectivity index is 1.17. The number of ether oxygens (including phenoxy) is 3. The predicted octanol–water partition coefficient (Wildman–Crippen LogP) is 0.831. The van der Waals surface area contributed by atoms with Gasteiger partial charge < -0.3 is 29.4 Å². The van der Waals surface area contributed by atoms with Crippen LogP contribution in [0.25, 0.3) is 0 Å². The Morgan fingerprint density at radius 3 is 3.12 bits per heavy atom. The summed E-state index contributed by atoms with van der Waals surface area (Å²) < 4.78 is 18.2. The first kappa shape index (κ1) is 15.6. The standard InChI is InChI=1S/C16H19N5O4/c22-16(18-9-15-20-19-14-2-1-6-21(14)15)17-5-7-23-11-3-4-12-13(8-11)25-10-24-12/h3-4,8H,1-2,5-7,9-10H2,(H2,17,18,22). The number of aryl methyl sites for hydroxylation is 1. The Morgan fingerprint density at radius 1 is 1.24 bits per heavy atom. The third-order valence-corrected chi connectivity index (χ3v) is 4.09. The fraction of sp³-hybridized carbons (Fsp3) is 0.438. The van der Waals surface area contributed by atoms with Gasteiger partial charge in [-0.25, -0.2) is 4.79 Å². The first-order valence-electron chi connectivity index (χ1n) is 8.25. The lowest BCUT2D eigenvalue weighted by Gasteiger charge is -2.09. The number of fused-ring (bicyclic) bond motifs is 2. The molecule has 0 fully saturated rings. The molecule has 0 aliphatic carbocycles. The topological polar surface area (TPSA) is 99.5 Å². The van der Waals surface area contributed by atoms with Crippen molar-refractivity contribution >= 4 is 6.03 Å². The number of nitrogens with zero attached hydrogens (tertiary/aromatic N) is 3. The summed E-state index contributed by atoms with van der Waals surface area (Å²) >= 11 is 0. The zero-order valence-electron chi connectivity index (χ0n) is 13.7. The van der Waals surface area contributed by atoms with Gasteiger partial charge in [-0.3, -0.25) is 0 Å². The Bertz CT molecular complexity index is 776. The highest BCUT2D eigenvalue weighted by atomic mass is 16.7. The van der Waals surface area contributed by atoms with Crippen molar-refractivity contribution < 1.29 is 19.0 Å². The third kappa shape index (κ3) is 3.44. The van der Waals surface area contributed by atoms with Gasteiger partial charge in [-0.2, -0.15) is 0 Å². The smallest absolute Gasteiger partial charge is 0.315 e. The monoisotopic (exact) mass is 345 g/mol. The van der Waals surface area contributed by atoms with E-state index in [2.05, 4.69) is 25.4 Å². The predicted molar refractivity (Wildman–Crippen MR) is 86.6 cm³/mol. The van der Waals surface area contributed by atoms with Crippen molar-refractivity contribution in [1.82, 2.24) is 25.4 Å². The van der Waals surface area contributed by atoms with Crippen LogP contribution in [0.1, 0.15) is 18.1 Å². The van der Waals surface area contributed by atoms with Gasteiger partial charge in [0.25, 0.3) is 0 Å².